The molecular formula is C11H13BrO2. The van der Waals surface area contributed by atoms with E-state index in [1.165, 1.54) is 0 Å². The molecule has 1 atom stereocenters. The van der Waals surface area contributed by atoms with E-state index < -0.39 is 5.60 Å². The molecule has 2 nitrogen and oxygen atoms in total. The van der Waals surface area contributed by atoms with E-state index in [4.69, 9.17) is 0 Å². The molecule has 1 aliphatic rings. The molecule has 0 radical (unpaired) electrons. The molecule has 0 bridgehead atoms. The lowest BCUT2D eigenvalue weighted by molar-refractivity contribution is -0.0328. The maximum atomic E-state index is 10.2. The highest BCUT2D eigenvalue weighted by Crippen LogP contribution is 2.37. The molecule has 0 spiro atoms. The van der Waals surface area contributed by atoms with Gasteiger partial charge in [-0.3, -0.25) is 0 Å². The molecule has 1 aliphatic carbocycles. The van der Waals surface area contributed by atoms with Crippen LogP contribution in [0.5, 0.6) is 0 Å². The van der Waals surface area contributed by atoms with Crippen molar-refractivity contribution < 1.29 is 10.2 Å². The Morgan fingerprint density at radius 3 is 2.93 bits per heavy atom. The van der Waals surface area contributed by atoms with Gasteiger partial charge in [0, 0.05) is 4.47 Å². The van der Waals surface area contributed by atoms with Gasteiger partial charge in [-0.1, -0.05) is 28.1 Å². The first-order valence-electron chi connectivity index (χ1n) is 4.78. The van der Waals surface area contributed by atoms with Gasteiger partial charge in [-0.2, -0.15) is 0 Å². The molecule has 0 saturated carbocycles. The smallest absolute Gasteiger partial charge is 0.113 e. The summed E-state index contributed by atoms with van der Waals surface area (Å²) in [6.45, 7) is -0.198. The van der Waals surface area contributed by atoms with E-state index in [-0.39, 0.29) is 6.61 Å². The van der Waals surface area contributed by atoms with Crippen LogP contribution >= 0.6 is 15.9 Å². The van der Waals surface area contributed by atoms with Crippen molar-refractivity contribution in [2.24, 2.45) is 0 Å². The molecule has 0 aliphatic heterocycles. The lowest BCUT2D eigenvalue weighted by Gasteiger charge is -2.33. The van der Waals surface area contributed by atoms with Gasteiger partial charge in [-0.05, 0) is 36.5 Å². The standard InChI is InChI=1S/C11H13BrO2/c12-10-5-1-4-9-8(10)3-2-6-11(9,14)7-13/h1,4-5,13-14H,2-3,6-7H2. The van der Waals surface area contributed by atoms with Crippen LogP contribution in [0.3, 0.4) is 0 Å². The maximum Gasteiger partial charge on any atom is 0.113 e. The summed E-state index contributed by atoms with van der Waals surface area (Å²) in [6.07, 6.45) is 2.54. The number of halogens is 1. The molecule has 0 saturated heterocycles. The van der Waals surface area contributed by atoms with Crippen LogP contribution in [-0.4, -0.2) is 16.8 Å². The van der Waals surface area contributed by atoms with Gasteiger partial charge in [0.05, 0.1) is 6.61 Å². The Morgan fingerprint density at radius 1 is 1.43 bits per heavy atom. The number of hydrogen-bond acceptors (Lipinski definition) is 2. The van der Waals surface area contributed by atoms with Crippen molar-refractivity contribution in [3.63, 3.8) is 0 Å². The van der Waals surface area contributed by atoms with Crippen LogP contribution in [0.2, 0.25) is 0 Å². The molecule has 14 heavy (non-hydrogen) atoms. The minimum absolute atomic E-state index is 0.198. The van der Waals surface area contributed by atoms with Crippen LogP contribution in [0.4, 0.5) is 0 Å². The molecule has 2 N–H and O–H groups in total. The summed E-state index contributed by atoms with van der Waals surface area (Å²) in [6, 6.07) is 5.77. The number of fused-ring (bicyclic) bond motifs is 1. The normalized spacial score (nSPS) is 25.9. The Hall–Kier alpha value is -0.380. The first-order chi connectivity index (χ1) is 6.67. The van der Waals surface area contributed by atoms with Crippen molar-refractivity contribution >= 4 is 15.9 Å². The van der Waals surface area contributed by atoms with E-state index in [1.807, 2.05) is 18.2 Å². The average molecular weight is 257 g/mol. The van der Waals surface area contributed by atoms with Crippen molar-refractivity contribution in [2.75, 3.05) is 6.61 Å². The van der Waals surface area contributed by atoms with Gasteiger partial charge in [0.15, 0.2) is 0 Å². The Balaban J connectivity index is 2.55. The SMILES string of the molecule is OCC1(O)CCCc2c(Br)cccc21. The largest absolute Gasteiger partial charge is 0.393 e. The average Bonchev–Trinajstić information content (AvgIpc) is 2.20. The minimum Gasteiger partial charge on any atom is -0.393 e. The second kappa shape index (κ2) is 3.65. The van der Waals surface area contributed by atoms with Crippen LogP contribution in [0.1, 0.15) is 24.0 Å². The quantitative estimate of drug-likeness (QED) is 0.807. The van der Waals surface area contributed by atoms with Crippen molar-refractivity contribution in [1.29, 1.82) is 0 Å². The third-order valence-electron chi connectivity index (χ3n) is 2.90. The fourth-order valence-corrected chi connectivity index (χ4v) is 2.67. The highest BCUT2D eigenvalue weighted by Gasteiger charge is 2.34. The molecule has 0 amide bonds. The molecule has 0 fully saturated rings. The molecule has 76 valence electrons. The van der Waals surface area contributed by atoms with E-state index in [0.29, 0.717) is 6.42 Å². The second-order valence-corrected chi connectivity index (χ2v) is 4.66. The minimum atomic E-state index is -1.03. The zero-order chi connectivity index (χ0) is 10.2. The van der Waals surface area contributed by atoms with Crippen molar-refractivity contribution in [2.45, 2.75) is 24.9 Å². The van der Waals surface area contributed by atoms with Crippen molar-refractivity contribution in [3.8, 4) is 0 Å². The highest BCUT2D eigenvalue weighted by atomic mass is 79.9. The summed E-state index contributed by atoms with van der Waals surface area (Å²) < 4.78 is 1.03. The fraction of sp³-hybridized carbons (Fsp3) is 0.455. The summed E-state index contributed by atoms with van der Waals surface area (Å²) in [5, 5.41) is 19.4. The number of aliphatic hydroxyl groups excluding tert-OH is 1. The number of aliphatic hydroxyl groups is 2. The summed E-state index contributed by atoms with van der Waals surface area (Å²) in [5.41, 5.74) is 0.980. The van der Waals surface area contributed by atoms with E-state index in [0.717, 1.165) is 28.4 Å². The molecule has 1 aromatic carbocycles. The summed E-state index contributed by atoms with van der Waals surface area (Å²) >= 11 is 3.47. The van der Waals surface area contributed by atoms with Gasteiger partial charge in [-0.15, -0.1) is 0 Å². The molecule has 2 rings (SSSR count). The molecule has 1 unspecified atom stereocenters. The molecular weight excluding hydrogens is 244 g/mol. The summed E-state index contributed by atoms with van der Waals surface area (Å²) in [4.78, 5) is 0. The van der Waals surface area contributed by atoms with Gasteiger partial charge in [-0.25, -0.2) is 0 Å². The maximum absolute atomic E-state index is 10.2. The van der Waals surface area contributed by atoms with E-state index >= 15 is 0 Å². The topological polar surface area (TPSA) is 40.5 Å². The zero-order valence-electron chi connectivity index (χ0n) is 7.83. The monoisotopic (exact) mass is 256 g/mol. The Bertz CT molecular complexity index is 351. The van der Waals surface area contributed by atoms with Crippen LogP contribution in [0.15, 0.2) is 22.7 Å². The van der Waals surface area contributed by atoms with Gasteiger partial charge < -0.3 is 10.2 Å². The van der Waals surface area contributed by atoms with E-state index in [9.17, 15) is 10.2 Å². The van der Waals surface area contributed by atoms with Crippen LogP contribution in [-0.2, 0) is 12.0 Å². The molecule has 1 aromatic rings. The zero-order valence-corrected chi connectivity index (χ0v) is 9.42. The van der Waals surface area contributed by atoms with Gasteiger partial charge in [0.25, 0.3) is 0 Å². The molecule has 0 aromatic heterocycles. The van der Waals surface area contributed by atoms with Gasteiger partial charge >= 0.3 is 0 Å². The van der Waals surface area contributed by atoms with Crippen LogP contribution in [0, 0.1) is 0 Å². The Morgan fingerprint density at radius 2 is 2.21 bits per heavy atom. The predicted molar refractivity (Wildman–Crippen MR) is 58.1 cm³/mol. The second-order valence-electron chi connectivity index (χ2n) is 3.81. The fourth-order valence-electron chi connectivity index (χ4n) is 2.11. The predicted octanol–water partition coefficient (Wildman–Crippen LogP) is 1.97. The molecule has 0 heterocycles. The van der Waals surface area contributed by atoms with Crippen LogP contribution < -0.4 is 0 Å². The number of rotatable bonds is 1. The van der Waals surface area contributed by atoms with Crippen molar-refractivity contribution in [1.82, 2.24) is 0 Å². The van der Waals surface area contributed by atoms with Crippen molar-refractivity contribution in [3.05, 3.63) is 33.8 Å². The third-order valence-corrected chi connectivity index (χ3v) is 3.64. The van der Waals surface area contributed by atoms with Crippen LogP contribution in [0.25, 0.3) is 0 Å². The Kier molecular flexibility index (Phi) is 2.64. The van der Waals surface area contributed by atoms with E-state index in [2.05, 4.69) is 15.9 Å². The van der Waals surface area contributed by atoms with Gasteiger partial charge in [0.1, 0.15) is 5.60 Å². The van der Waals surface area contributed by atoms with E-state index in [1.54, 1.807) is 0 Å². The lowest BCUT2D eigenvalue weighted by Crippen LogP contribution is -2.34. The van der Waals surface area contributed by atoms with Gasteiger partial charge in [0.2, 0.25) is 0 Å². The first-order valence-corrected chi connectivity index (χ1v) is 5.58. The summed E-state index contributed by atoms with van der Waals surface area (Å²) in [7, 11) is 0. The third kappa shape index (κ3) is 1.49. The Labute approximate surface area is 91.7 Å². The number of hydrogen-bond donors (Lipinski definition) is 2. The molecule has 3 heteroatoms. The first kappa shape index (κ1) is 10.1. The summed E-state index contributed by atoms with van der Waals surface area (Å²) in [5.74, 6) is 0. The highest BCUT2D eigenvalue weighted by molar-refractivity contribution is 9.10. The number of benzene rings is 1. The lowest BCUT2D eigenvalue weighted by atomic mass is 9.80.